The Kier molecular flexibility index (Phi) is 5.52. The van der Waals surface area contributed by atoms with E-state index in [2.05, 4.69) is 12.2 Å². The fourth-order valence-electron chi connectivity index (χ4n) is 3.27. The van der Waals surface area contributed by atoms with Crippen molar-refractivity contribution in [2.75, 3.05) is 6.61 Å². The molecule has 24 heavy (non-hydrogen) atoms. The Balaban J connectivity index is 1.58. The van der Waals surface area contributed by atoms with Crippen molar-refractivity contribution < 1.29 is 9.53 Å². The quantitative estimate of drug-likeness (QED) is 0.884. The Morgan fingerprint density at radius 2 is 1.67 bits per heavy atom. The van der Waals surface area contributed by atoms with E-state index in [1.807, 2.05) is 54.6 Å². The van der Waals surface area contributed by atoms with Crippen molar-refractivity contribution >= 4 is 5.91 Å². The largest absolute Gasteiger partial charge is 0.483 e. The molecule has 0 aromatic heterocycles. The van der Waals surface area contributed by atoms with Crippen molar-refractivity contribution in [2.24, 2.45) is 5.92 Å². The van der Waals surface area contributed by atoms with E-state index in [1.165, 1.54) is 12.8 Å². The highest BCUT2D eigenvalue weighted by atomic mass is 16.5. The number of carbonyl (C=O) groups is 1. The summed E-state index contributed by atoms with van der Waals surface area (Å²) in [6.07, 6.45) is 4.55. The highest BCUT2D eigenvalue weighted by Crippen LogP contribution is 2.29. The average molecular weight is 323 g/mol. The number of hydrogen-bond acceptors (Lipinski definition) is 2. The summed E-state index contributed by atoms with van der Waals surface area (Å²) in [4.78, 5) is 12.2. The second-order valence-corrected chi connectivity index (χ2v) is 6.68. The number of para-hydroxylation sites is 1. The van der Waals surface area contributed by atoms with Gasteiger partial charge in [0.1, 0.15) is 5.75 Å². The molecule has 0 bridgehead atoms. The predicted octanol–water partition coefficient (Wildman–Crippen LogP) is 4.43. The summed E-state index contributed by atoms with van der Waals surface area (Å²) in [5.41, 5.74) is 2.10. The van der Waals surface area contributed by atoms with Crippen molar-refractivity contribution in [3.05, 3.63) is 54.6 Å². The van der Waals surface area contributed by atoms with E-state index in [0.29, 0.717) is 6.04 Å². The van der Waals surface area contributed by atoms with Crippen LogP contribution in [0.25, 0.3) is 11.1 Å². The van der Waals surface area contributed by atoms with Gasteiger partial charge in [-0.25, -0.2) is 0 Å². The Morgan fingerprint density at radius 3 is 2.42 bits per heavy atom. The lowest BCUT2D eigenvalue weighted by Crippen LogP contribution is -2.39. The van der Waals surface area contributed by atoms with Crippen LogP contribution in [0.4, 0.5) is 0 Å². The minimum atomic E-state index is -0.0302. The molecule has 1 N–H and O–H groups in total. The number of benzene rings is 2. The van der Waals surface area contributed by atoms with E-state index in [4.69, 9.17) is 4.74 Å². The third kappa shape index (κ3) is 4.38. The number of hydrogen-bond donors (Lipinski definition) is 1. The van der Waals surface area contributed by atoms with Crippen LogP contribution in [0.1, 0.15) is 32.6 Å². The lowest BCUT2D eigenvalue weighted by atomic mass is 9.87. The molecular formula is C21H25NO2. The van der Waals surface area contributed by atoms with E-state index in [0.717, 1.165) is 35.6 Å². The molecule has 3 nitrogen and oxygen atoms in total. The molecule has 0 heterocycles. The summed E-state index contributed by atoms with van der Waals surface area (Å²) in [5.74, 6) is 1.50. The van der Waals surface area contributed by atoms with Gasteiger partial charge in [-0.15, -0.1) is 0 Å². The fraction of sp³-hybridized carbons (Fsp3) is 0.381. The Labute approximate surface area is 144 Å². The summed E-state index contributed by atoms with van der Waals surface area (Å²) in [6, 6.07) is 18.2. The molecule has 1 aliphatic carbocycles. The van der Waals surface area contributed by atoms with E-state index in [-0.39, 0.29) is 12.5 Å². The lowest BCUT2D eigenvalue weighted by Gasteiger charge is -2.26. The molecule has 0 atom stereocenters. The van der Waals surface area contributed by atoms with Gasteiger partial charge in [-0.3, -0.25) is 4.79 Å². The summed E-state index contributed by atoms with van der Waals surface area (Å²) in [6.45, 7) is 2.34. The molecule has 1 amide bonds. The molecule has 0 spiro atoms. The van der Waals surface area contributed by atoms with Gasteiger partial charge in [0, 0.05) is 11.6 Å². The molecule has 1 saturated carbocycles. The number of ether oxygens (including phenoxy) is 1. The molecule has 3 heteroatoms. The molecule has 0 aliphatic heterocycles. The minimum Gasteiger partial charge on any atom is -0.483 e. The molecule has 2 aromatic rings. The van der Waals surface area contributed by atoms with Gasteiger partial charge in [0.25, 0.3) is 5.91 Å². The predicted molar refractivity (Wildman–Crippen MR) is 96.9 cm³/mol. The number of carbonyl (C=O) groups excluding carboxylic acids is 1. The van der Waals surface area contributed by atoms with Crippen molar-refractivity contribution in [3.63, 3.8) is 0 Å². The third-order valence-corrected chi connectivity index (χ3v) is 4.71. The van der Waals surface area contributed by atoms with Gasteiger partial charge < -0.3 is 10.1 Å². The highest BCUT2D eigenvalue weighted by molar-refractivity contribution is 5.78. The zero-order valence-electron chi connectivity index (χ0n) is 14.2. The monoisotopic (exact) mass is 323 g/mol. The molecule has 126 valence electrons. The topological polar surface area (TPSA) is 38.3 Å². The van der Waals surface area contributed by atoms with E-state index in [9.17, 15) is 4.79 Å². The summed E-state index contributed by atoms with van der Waals surface area (Å²) < 4.78 is 5.80. The van der Waals surface area contributed by atoms with Crippen molar-refractivity contribution in [3.8, 4) is 16.9 Å². The Bertz CT molecular complexity index is 661. The molecule has 0 radical (unpaired) electrons. The molecule has 0 saturated heterocycles. The Morgan fingerprint density at radius 1 is 1.00 bits per heavy atom. The van der Waals surface area contributed by atoms with Gasteiger partial charge in [0.15, 0.2) is 6.61 Å². The fourth-order valence-corrected chi connectivity index (χ4v) is 3.27. The second kappa shape index (κ2) is 8.00. The molecule has 2 aromatic carbocycles. The SMILES string of the molecule is CC1CCC(NC(=O)COc2ccccc2-c2ccccc2)CC1. The first-order chi connectivity index (χ1) is 11.7. The lowest BCUT2D eigenvalue weighted by molar-refractivity contribution is -0.124. The second-order valence-electron chi connectivity index (χ2n) is 6.68. The maximum absolute atomic E-state index is 12.2. The van der Waals surface area contributed by atoms with Crippen molar-refractivity contribution in [1.82, 2.24) is 5.32 Å². The van der Waals surface area contributed by atoms with Crippen LogP contribution < -0.4 is 10.1 Å². The molecule has 1 aliphatic rings. The molecule has 0 unspecified atom stereocenters. The van der Waals surface area contributed by atoms with Gasteiger partial charge in [0.2, 0.25) is 0 Å². The molecule has 1 fully saturated rings. The number of amides is 1. The zero-order chi connectivity index (χ0) is 16.8. The van der Waals surface area contributed by atoms with Gasteiger partial charge in [-0.1, -0.05) is 55.5 Å². The first kappa shape index (κ1) is 16.6. The average Bonchev–Trinajstić information content (AvgIpc) is 2.63. The zero-order valence-corrected chi connectivity index (χ0v) is 14.2. The maximum atomic E-state index is 12.2. The van der Waals surface area contributed by atoms with Gasteiger partial charge in [-0.2, -0.15) is 0 Å². The van der Waals surface area contributed by atoms with E-state index >= 15 is 0 Å². The Hall–Kier alpha value is -2.29. The number of nitrogens with one attached hydrogen (secondary N) is 1. The van der Waals surface area contributed by atoms with Crippen LogP contribution in [0.2, 0.25) is 0 Å². The van der Waals surface area contributed by atoms with Crippen LogP contribution in [-0.4, -0.2) is 18.6 Å². The standard InChI is InChI=1S/C21H25NO2/c1-16-11-13-18(14-12-16)22-21(23)15-24-20-10-6-5-9-19(20)17-7-3-2-4-8-17/h2-10,16,18H,11-15H2,1H3,(H,22,23). The normalized spacial score (nSPS) is 20.4. The van der Waals surface area contributed by atoms with Crippen molar-refractivity contribution in [2.45, 2.75) is 38.6 Å². The third-order valence-electron chi connectivity index (χ3n) is 4.71. The van der Waals surface area contributed by atoms with Crippen LogP contribution in [0.3, 0.4) is 0 Å². The van der Waals surface area contributed by atoms with Crippen LogP contribution in [0.15, 0.2) is 54.6 Å². The van der Waals surface area contributed by atoms with Crippen molar-refractivity contribution in [1.29, 1.82) is 0 Å². The van der Waals surface area contributed by atoms with Crippen LogP contribution >= 0.6 is 0 Å². The number of rotatable bonds is 5. The first-order valence-electron chi connectivity index (χ1n) is 8.79. The summed E-state index contributed by atoms with van der Waals surface area (Å²) in [5, 5.41) is 3.10. The highest BCUT2D eigenvalue weighted by Gasteiger charge is 2.20. The van der Waals surface area contributed by atoms with Crippen LogP contribution in [-0.2, 0) is 4.79 Å². The van der Waals surface area contributed by atoms with Gasteiger partial charge in [0.05, 0.1) is 0 Å². The van der Waals surface area contributed by atoms with Crippen LogP contribution in [0, 0.1) is 5.92 Å². The first-order valence-corrected chi connectivity index (χ1v) is 8.79. The van der Waals surface area contributed by atoms with Crippen LogP contribution in [0.5, 0.6) is 5.75 Å². The van der Waals surface area contributed by atoms with Gasteiger partial charge in [-0.05, 0) is 43.2 Å². The summed E-state index contributed by atoms with van der Waals surface area (Å²) >= 11 is 0. The smallest absolute Gasteiger partial charge is 0.258 e. The molecular weight excluding hydrogens is 298 g/mol. The minimum absolute atomic E-state index is 0.0302. The van der Waals surface area contributed by atoms with E-state index in [1.54, 1.807) is 0 Å². The van der Waals surface area contributed by atoms with Gasteiger partial charge >= 0.3 is 0 Å². The maximum Gasteiger partial charge on any atom is 0.258 e. The molecule has 3 rings (SSSR count). The van der Waals surface area contributed by atoms with E-state index < -0.39 is 0 Å². The summed E-state index contributed by atoms with van der Waals surface area (Å²) in [7, 11) is 0.